The Balaban J connectivity index is 0.000000170. The Kier molecular flexibility index (Phi) is 9.94. The lowest BCUT2D eigenvalue weighted by Gasteiger charge is -2.08. The second kappa shape index (κ2) is 15.5. The van der Waals surface area contributed by atoms with E-state index >= 15 is 0 Å². The Morgan fingerprint density at radius 2 is 1.43 bits per heavy atom. The standard InChI is InChI=1S/C20H19N9O3S.C16H11N7O4/c1-12-22-16(11-28(12)2)33(30,31)26-14-6-3-5-13(9-14)10-29-19-18(25-27-29)17(23-20(21)24-19)15-7-4-8-32-15;17-16-18-13(12-6-3-7-27-12)14-15(19-16)22(21-20-14)8-11(24)9-4-1-2-5-10(9)23(25)26/h3-9,11,26H,10H2,1-2H3,(H2,21,23,24);1-7H,8H2,(H2,17,18,19). The number of carbonyl (C=O) groups excluding carboxylic acids is 1. The number of hydrogen-bond donors (Lipinski definition) is 3. The first-order valence-corrected chi connectivity index (χ1v) is 19.0. The van der Waals surface area contributed by atoms with Gasteiger partial charge < -0.3 is 24.9 Å². The van der Waals surface area contributed by atoms with Gasteiger partial charge >= 0.3 is 0 Å². The maximum absolute atomic E-state index is 12.7. The van der Waals surface area contributed by atoms with Gasteiger partial charge in [-0.1, -0.05) is 34.7 Å². The van der Waals surface area contributed by atoms with E-state index in [-0.39, 0.29) is 46.9 Å². The van der Waals surface area contributed by atoms with Crippen LogP contribution in [0.3, 0.4) is 0 Å². The number of imidazole rings is 1. The topological polar surface area (TPSA) is 315 Å². The van der Waals surface area contributed by atoms with E-state index in [9.17, 15) is 23.3 Å². The van der Waals surface area contributed by atoms with E-state index in [1.807, 2.05) is 6.07 Å². The van der Waals surface area contributed by atoms with Crippen molar-refractivity contribution in [2.45, 2.75) is 25.0 Å². The number of nitro benzene ring substituents is 1. The predicted molar refractivity (Wildman–Crippen MR) is 212 cm³/mol. The van der Waals surface area contributed by atoms with Crippen LogP contribution < -0.4 is 16.2 Å². The lowest BCUT2D eigenvalue weighted by atomic mass is 10.1. The maximum Gasteiger partial charge on any atom is 0.280 e. The number of sulfonamides is 1. The van der Waals surface area contributed by atoms with Gasteiger partial charge in [-0.3, -0.25) is 19.6 Å². The summed E-state index contributed by atoms with van der Waals surface area (Å²) in [6.07, 6.45) is 4.47. The highest BCUT2D eigenvalue weighted by Crippen LogP contribution is 2.28. The van der Waals surface area contributed by atoms with Crippen LogP contribution in [0.25, 0.3) is 45.2 Å². The molecule has 0 spiro atoms. The summed E-state index contributed by atoms with van der Waals surface area (Å²) in [5, 5.41) is 27.4. The van der Waals surface area contributed by atoms with Crippen LogP contribution in [-0.4, -0.2) is 78.6 Å². The molecule has 0 unspecified atom stereocenters. The zero-order valence-electron chi connectivity index (χ0n) is 31.3. The molecule has 5 N–H and O–H groups in total. The number of aromatic nitrogens is 12. The van der Waals surface area contributed by atoms with Gasteiger partial charge in [-0.05, 0) is 55.0 Å². The third-order valence-corrected chi connectivity index (χ3v) is 10.1. The number of nitrogens with one attached hydrogen (secondary N) is 1. The summed E-state index contributed by atoms with van der Waals surface area (Å²) in [5.74, 6) is 1.02. The first kappa shape index (κ1) is 38.5. The maximum atomic E-state index is 12.7. The van der Waals surface area contributed by atoms with Gasteiger partial charge in [0.25, 0.3) is 15.7 Å². The molecular formula is C36H30N16O7S. The normalized spacial score (nSPS) is 11.4. The molecule has 23 nitrogen and oxygen atoms in total. The quantitative estimate of drug-likeness (QED) is 0.0947. The Labute approximate surface area is 336 Å². The zero-order chi connectivity index (χ0) is 42.1. The van der Waals surface area contributed by atoms with E-state index in [0.717, 1.165) is 5.56 Å². The Bertz CT molecular complexity index is 3140. The molecule has 0 radical (unpaired) electrons. The van der Waals surface area contributed by atoms with Crippen molar-refractivity contribution in [3.63, 3.8) is 0 Å². The number of aryl methyl sites for hydroxylation is 2. The zero-order valence-corrected chi connectivity index (χ0v) is 32.1. The van der Waals surface area contributed by atoms with Crippen molar-refractivity contribution >= 4 is 61.4 Å². The molecule has 302 valence electrons. The number of para-hydroxylation sites is 1. The van der Waals surface area contributed by atoms with E-state index in [1.165, 1.54) is 41.6 Å². The molecule has 0 aliphatic rings. The minimum absolute atomic E-state index is 0.0283. The minimum Gasteiger partial charge on any atom is -0.463 e. The van der Waals surface area contributed by atoms with Crippen molar-refractivity contribution in [1.82, 2.24) is 59.5 Å². The van der Waals surface area contributed by atoms with Gasteiger partial charge in [0.1, 0.15) is 23.8 Å². The van der Waals surface area contributed by atoms with Gasteiger partial charge in [0.15, 0.2) is 44.7 Å². The van der Waals surface area contributed by atoms with E-state index in [4.69, 9.17) is 20.3 Å². The van der Waals surface area contributed by atoms with Crippen LogP contribution in [0.1, 0.15) is 21.7 Å². The van der Waals surface area contributed by atoms with Gasteiger partial charge in [0.2, 0.25) is 11.9 Å². The molecule has 0 atom stereocenters. The molecule has 9 aromatic rings. The molecular weight excluding hydrogens is 801 g/mol. The minimum atomic E-state index is -3.83. The number of rotatable bonds is 11. The molecule has 24 heteroatoms. The van der Waals surface area contributed by atoms with E-state index < -0.39 is 20.7 Å². The average molecular weight is 831 g/mol. The number of nitrogen functional groups attached to an aromatic ring is 2. The predicted octanol–water partition coefficient (Wildman–Crippen LogP) is 3.81. The van der Waals surface area contributed by atoms with Crippen molar-refractivity contribution < 1.29 is 27.0 Å². The third-order valence-electron chi connectivity index (χ3n) is 8.84. The molecule has 7 heterocycles. The van der Waals surface area contributed by atoms with Crippen molar-refractivity contribution in [2.24, 2.45) is 7.05 Å². The highest BCUT2D eigenvalue weighted by Gasteiger charge is 2.24. The number of fused-ring (bicyclic) bond motifs is 2. The summed E-state index contributed by atoms with van der Waals surface area (Å²) in [5.41, 5.74) is 14.7. The highest BCUT2D eigenvalue weighted by atomic mass is 32.2. The van der Waals surface area contributed by atoms with Gasteiger partial charge in [0, 0.05) is 25.0 Å². The van der Waals surface area contributed by atoms with E-state index in [2.05, 4.69) is 50.3 Å². The van der Waals surface area contributed by atoms with E-state index in [1.54, 1.807) is 71.8 Å². The lowest BCUT2D eigenvalue weighted by Crippen LogP contribution is -2.14. The molecule has 0 amide bonds. The first-order valence-electron chi connectivity index (χ1n) is 17.5. The fourth-order valence-electron chi connectivity index (χ4n) is 5.99. The summed E-state index contributed by atoms with van der Waals surface area (Å²) in [7, 11) is -2.09. The second-order valence-corrected chi connectivity index (χ2v) is 14.5. The smallest absolute Gasteiger partial charge is 0.280 e. The summed E-state index contributed by atoms with van der Waals surface area (Å²) in [6.45, 7) is 1.72. The number of benzene rings is 2. The van der Waals surface area contributed by atoms with Gasteiger partial charge in [-0.2, -0.15) is 18.4 Å². The summed E-state index contributed by atoms with van der Waals surface area (Å²) >= 11 is 0. The highest BCUT2D eigenvalue weighted by molar-refractivity contribution is 7.92. The monoisotopic (exact) mass is 830 g/mol. The molecule has 2 aromatic carbocycles. The Hall–Kier alpha value is -8.41. The van der Waals surface area contributed by atoms with Crippen molar-refractivity contribution in [3.05, 3.63) is 119 Å². The van der Waals surface area contributed by atoms with Crippen molar-refractivity contribution in [2.75, 3.05) is 16.2 Å². The van der Waals surface area contributed by atoms with Crippen LogP contribution in [0.2, 0.25) is 0 Å². The van der Waals surface area contributed by atoms with Crippen LogP contribution >= 0.6 is 0 Å². The molecule has 0 aliphatic carbocycles. The number of nitro groups is 1. The lowest BCUT2D eigenvalue weighted by molar-refractivity contribution is -0.385. The molecule has 60 heavy (non-hydrogen) atoms. The van der Waals surface area contributed by atoms with Crippen LogP contribution in [0, 0.1) is 17.0 Å². The van der Waals surface area contributed by atoms with Crippen molar-refractivity contribution in [1.29, 1.82) is 0 Å². The number of furan rings is 2. The summed E-state index contributed by atoms with van der Waals surface area (Å²) < 4.78 is 43.1. The molecule has 0 saturated heterocycles. The molecule has 0 saturated carbocycles. The van der Waals surface area contributed by atoms with Gasteiger partial charge in [-0.25, -0.2) is 24.3 Å². The largest absolute Gasteiger partial charge is 0.463 e. The number of ketones is 1. The van der Waals surface area contributed by atoms with Crippen LogP contribution in [0.5, 0.6) is 0 Å². The summed E-state index contributed by atoms with van der Waals surface area (Å²) in [4.78, 5) is 43.9. The van der Waals surface area contributed by atoms with Crippen LogP contribution in [0.4, 0.5) is 23.3 Å². The third kappa shape index (κ3) is 7.67. The Morgan fingerprint density at radius 3 is 2.02 bits per heavy atom. The number of hydrogen-bond acceptors (Lipinski definition) is 18. The van der Waals surface area contributed by atoms with E-state index in [0.29, 0.717) is 51.1 Å². The number of nitrogens with zero attached hydrogens (tertiary/aromatic N) is 13. The average Bonchev–Trinajstić information content (AvgIpc) is 4.08. The number of nitrogens with two attached hydrogens (primary N) is 2. The van der Waals surface area contributed by atoms with Crippen LogP contribution in [-0.2, 0) is 30.2 Å². The molecule has 0 bridgehead atoms. The molecule has 9 rings (SSSR count). The molecule has 7 aromatic heterocycles. The van der Waals surface area contributed by atoms with Crippen molar-refractivity contribution in [3.8, 4) is 22.9 Å². The Morgan fingerprint density at radius 1 is 0.817 bits per heavy atom. The molecule has 0 fully saturated rings. The number of anilines is 3. The second-order valence-electron chi connectivity index (χ2n) is 12.9. The number of Topliss-reactive ketones (excluding diaryl/α,β-unsaturated/α-hetero) is 1. The fourth-order valence-corrected chi connectivity index (χ4v) is 7.08. The fraction of sp³-hybridized carbons (Fsp3) is 0.111. The summed E-state index contributed by atoms with van der Waals surface area (Å²) in [6, 6.07) is 19.5. The van der Waals surface area contributed by atoms with Gasteiger partial charge in [-0.15, -0.1) is 10.2 Å². The number of carbonyl (C=O) groups is 1. The first-order chi connectivity index (χ1) is 28.8. The van der Waals surface area contributed by atoms with Crippen LogP contribution in [0.15, 0.2) is 105 Å². The van der Waals surface area contributed by atoms with Gasteiger partial charge in [0.05, 0.1) is 29.6 Å². The molecule has 0 aliphatic heterocycles. The SMILES string of the molecule is Cc1nc(S(=O)(=O)Nc2cccc(Cn3nnc4c(-c5ccco5)nc(N)nc43)c2)cn1C.Nc1nc(-c2ccco2)c2nnn(CC(=O)c3ccccc3[N+](=O)[O-])c2n1.